The summed E-state index contributed by atoms with van der Waals surface area (Å²) in [7, 11) is 3.92. The van der Waals surface area contributed by atoms with Gasteiger partial charge in [0.15, 0.2) is 5.16 Å². The lowest BCUT2D eigenvalue weighted by Gasteiger charge is -2.31. The number of aromatic nitrogens is 2. The van der Waals surface area contributed by atoms with Crippen LogP contribution in [0.2, 0.25) is 5.02 Å². The molecule has 9 heteroatoms. The maximum atomic E-state index is 13.9. The number of carbonyl (C=O) groups excluding carboxylic acids is 2. The first-order valence-corrected chi connectivity index (χ1v) is 14.2. The zero-order chi connectivity index (χ0) is 28.6. The summed E-state index contributed by atoms with van der Waals surface area (Å²) in [5.74, 6) is -0.446. The molecule has 1 aromatic heterocycles. The van der Waals surface area contributed by atoms with Crippen molar-refractivity contribution in [2.45, 2.75) is 31.6 Å². The van der Waals surface area contributed by atoms with Crippen molar-refractivity contribution in [2.75, 3.05) is 30.1 Å². The molecule has 3 aromatic carbocycles. The van der Waals surface area contributed by atoms with Gasteiger partial charge in [0.1, 0.15) is 6.04 Å². The number of benzene rings is 3. The van der Waals surface area contributed by atoms with Crippen LogP contribution >= 0.6 is 23.4 Å². The van der Waals surface area contributed by atoms with Gasteiger partial charge >= 0.3 is 0 Å². The van der Waals surface area contributed by atoms with E-state index in [1.54, 1.807) is 17.0 Å². The van der Waals surface area contributed by atoms with Crippen molar-refractivity contribution in [3.63, 3.8) is 0 Å². The molecule has 206 valence electrons. The molecular weight excluding hydrogens is 542 g/mol. The van der Waals surface area contributed by atoms with E-state index in [-0.39, 0.29) is 24.1 Å². The highest BCUT2D eigenvalue weighted by molar-refractivity contribution is 7.99. The minimum atomic E-state index is -0.876. The summed E-state index contributed by atoms with van der Waals surface area (Å²) in [5.41, 5.74) is 4.90. The third-order valence-corrected chi connectivity index (χ3v) is 7.28. The largest absolute Gasteiger partial charge is 0.378 e. The molecule has 0 saturated heterocycles. The number of nitrogens with one attached hydrogen (secondary N) is 1. The Labute approximate surface area is 244 Å². The molecule has 0 aliphatic heterocycles. The number of aryl methyl sites for hydroxylation is 2. The second-order valence-corrected chi connectivity index (χ2v) is 11.0. The summed E-state index contributed by atoms with van der Waals surface area (Å²) in [4.78, 5) is 40.3. The predicted octanol–water partition coefficient (Wildman–Crippen LogP) is 6.31. The fraction of sp³-hybridized carbons (Fsp3) is 0.226. The molecule has 4 aromatic rings. The van der Waals surface area contributed by atoms with E-state index in [4.69, 9.17) is 11.6 Å². The van der Waals surface area contributed by atoms with E-state index in [9.17, 15) is 9.59 Å². The number of amides is 2. The maximum Gasteiger partial charge on any atom is 0.251 e. The van der Waals surface area contributed by atoms with Crippen molar-refractivity contribution in [1.29, 1.82) is 0 Å². The van der Waals surface area contributed by atoms with Crippen molar-refractivity contribution in [1.82, 2.24) is 14.9 Å². The number of anilines is 2. The van der Waals surface area contributed by atoms with Gasteiger partial charge < -0.3 is 15.1 Å². The molecular formula is C31H32ClN5O2S. The van der Waals surface area contributed by atoms with Crippen LogP contribution in [0.5, 0.6) is 0 Å². The van der Waals surface area contributed by atoms with Crippen molar-refractivity contribution in [3.05, 3.63) is 112 Å². The summed E-state index contributed by atoms with van der Waals surface area (Å²) in [6.07, 6.45) is 0. The molecule has 40 heavy (non-hydrogen) atoms. The Hall–Kier alpha value is -3.88. The first-order chi connectivity index (χ1) is 19.2. The van der Waals surface area contributed by atoms with Crippen molar-refractivity contribution < 1.29 is 9.59 Å². The number of hydrogen-bond donors (Lipinski definition) is 1. The molecule has 0 spiro atoms. The third-order valence-electron chi connectivity index (χ3n) is 6.20. The molecule has 0 fully saturated rings. The first-order valence-electron chi connectivity index (χ1n) is 12.8. The van der Waals surface area contributed by atoms with E-state index < -0.39 is 6.04 Å². The van der Waals surface area contributed by atoms with E-state index in [0.717, 1.165) is 22.6 Å². The summed E-state index contributed by atoms with van der Waals surface area (Å²) >= 11 is 7.38. The van der Waals surface area contributed by atoms with Crippen molar-refractivity contribution in [3.8, 4) is 0 Å². The molecule has 0 aliphatic carbocycles. The van der Waals surface area contributed by atoms with Crippen LogP contribution in [0.15, 0.2) is 90.1 Å². The Kier molecular flexibility index (Phi) is 9.79. The minimum Gasteiger partial charge on any atom is -0.378 e. The second-order valence-electron chi connectivity index (χ2n) is 9.61. The van der Waals surface area contributed by atoms with Crippen LogP contribution in [-0.2, 0) is 16.1 Å². The summed E-state index contributed by atoms with van der Waals surface area (Å²) in [5, 5.41) is 4.15. The molecule has 0 radical (unpaired) electrons. The minimum absolute atomic E-state index is 0.0740. The van der Waals surface area contributed by atoms with E-state index in [0.29, 0.717) is 21.4 Å². The SMILES string of the molecule is Cc1cc(C)nc(SCC(=O)N(Cc2ccc(Cl)cc2)[C@H](C(=O)Nc2ccc(N(C)C)cc2)c2ccccc2)n1. The summed E-state index contributed by atoms with van der Waals surface area (Å²) < 4.78 is 0. The number of thioether (sulfide) groups is 1. The predicted molar refractivity (Wildman–Crippen MR) is 163 cm³/mol. The van der Waals surface area contributed by atoms with Crippen LogP contribution in [0.3, 0.4) is 0 Å². The van der Waals surface area contributed by atoms with Crippen LogP contribution in [0.4, 0.5) is 11.4 Å². The van der Waals surface area contributed by atoms with Crippen LogP contribution in [-0.4, -0.2) is 46.5 Å². The van der Waals surface area contributed by atoms with Gasteiger partial charge in [0.05, 0.1) is 5.75 Å². The molecule has 0 aliphatic rings. The highest BCUT2D eigenvalue weighted by Crippen LogP contribution is 2.28. The molecule has 7 nitrogen and oxygen atoms in total. The van der Waals surface area contributed by atoms with Crippen LogP contribution in [0.1, 0.15) is 28.6 Å². The van der Waals surface area contributed by atoms with E-state index >= 15 is 0 Å². The van der Waals surface area contributed by atoms with Gasteiger partial charge in [-0.25, -0.2) is 9.97 Å². The van der Waals surface area contributed by atoms with E-state index in [1.807, 2.05) is 106 Å². The van der Waals surface area contributed by atoms with Gasteiger partial charge in [-0.05, 0) is 67.4 Å². The lowest BCUT2D eigenvalue weighted by molar-refractivity contribution is -0.137. The Balaban J connectivity index is 1.66. The number of hydrogen-bond acceptors (Lipinski definition) is 6. The van der Waals surface area contributed by atoms with Crippen LogP contribution in [0, 0.1) is 13.8 Å². The summed E-state index contributed by atoms with van der Waals surface area (Å²) in [6, 6.07) is 25.2. The maximum absolute atomic E-state index is 13.9. The van der Waals surface area contributed by atoms with Gasteiger partial charge in [-0.2, -0.15) is 0 Å². The average molecular weight is 574 g/mol. The Morgan fingerprint density at radius 2 is 1.52 bits per heavy atom. The monoisotopic (exact) mass is 573 g/mol. The highest BCUT2D eigenvalue weighted by atomic mass is 35.5. The van der Waals surface area contributed by atoms with Gasteiger partial charge in [-0.3, -0.25) is 9.59 Å². The fourth-order valence-corrected chi connectivity index (χ4v) is 5.20. The summed E-state index contributed by atoms with van der Waals surface area (Å²) in [6.45, 7) is 4.01. The molecule has 2 amide bonds. The normalized spacial score (nSPS) is 11.5. The van der Waals surface area contributed by atoms with Gasteiger partial charge in [-0.15, -0.1) is 0 Å². The Bertz CT molecular complexity index is 1430. The first kappa shape index (κ1) is 29.1. The fourth-order valence-electron chi connectivity index (χ4n) is 4.24. The second kappa shape index (κ2) is 13.5. The quantitative estimate of drug-likeness (QED) is 0.177. The number of rotatable bonds is 10. The third kappa shape index (κ3) is 7.83. The van der Waals surface area contributed by atoms with E-state index in [1.165, 1.54) is 11.8 Å². The lowest BCUT2D eigenvalue weighted by Crippen LogP contribution is -2.41. The molecule has 1 atom stereocenters. The molecule has 0 unspecified atom stereocenters. The van der Waals surface area contributed by atoms with Gasteiger partial charge in [0.25, 0.3) is 5.91 Å². The Morgan fingerprint density at radius 3 is 2.12 bits per heavy atom. The smallest absolute Gasteiger partial charge is 0.251 e. The zero-order valence-electron chi connectivity index (χ0n) is 23.0. The highest BCUT2D eigenvalue weighted by Gasteiger charge is 2.32. The number of nitrogens with zero attached hydrogens (tertiary/aromatic N) is 4. The number of halogens is 1. The molecule has 4 rings (SSSR count). The topological polar surface area (TPSA) is 78.4 Å². The zero-order valence-corrected chi connectivity index (χ0v) is 24.5. The number of carbonyl (C=O) groups is 2. The van der Waals surface area contributed by atoms with Gasteiger partial charge in [0, 0.05) is 48.4 Å². The van der Waals surface area contributed by atoms with Crippen molar-refractivity contribution >= 4 is 46.6 Å². The standard InChI is InChI=1S/C31H32ClN5O2S/c1-21-18-22(2)34-31(33-21)40-20-28(38)37(19-23-10-12-25(32)13-11-23)29(24-8-6-5-7-9-24)30(39)35-26-14-16-27(17-15-26)36(3)4/h5-18,29H,19-20H2,1-4H3,(H,35,39)/t29-/m0/s1. The van der Waals surface area contributed by atoms with E-state index in [2.05, 4.69) is 15.3 Å². The Morgan fingerprint density at radius 1 is 0.900 bits per heavy atom. The van der Waals surface area contributed by atoms with Crippen molar-refractivity contribution in [2.24, 2.45) is 0 Å². The van der Waals surface area contributed by atoms with Gasteiger partial charge in [0.2, 0.25) is 5.91 Å². The van der Waals surface area contributed by atoms with Gasteiger partial charge in [-0.1, -0.05) is 65.8 Å². The molecule has 1 heterocycles. The van der Waals surface area contributed by atoms with Crippen LogP contribution in [0.25, 0.3) is 0 Å². The molecule has 0 bridgehead atoms. The van der Waals surface area contributed by atoms with Crippen LogP contribution < -0.4 is 10.2 Å². The lowest BCUT2D eigenvalue weighted by atomic mass is 10.0. The molecule has 0 saturated carbocycles. The molecule has 1 N–H and O–H groups in total. The average Bonchev–Trinajstić information content (AvgIpc) is 2.93.